The normalized spacial score (nSPS) is 24.4. The van der Waals surface area contributed by atoms with Crippen molar-refractivity contribution in [3.8, 4) is 0 Å². The number of amidine groups is 1. The van der Waals surface area contributed by atoms with Gasteiger partial charge in [0.05, 0.1) is 17.5 Å². The van der Waals surface area contributed by atoms with Crippen LogP contribution in [0.25, 0.3) is 0 Å². The molecule has 1 aromatic carbocycles. The highest BCUT2D eigenvalue weighted by molar-refractivity contribution is 8.16. The SMILES string of the molecule is CN(C)c1ccc(N2C(=NC(=O)CCCC(=O)O)S[C@@H]3CS(=O)(=O)C[C@@H]32)cc1. The molecule has 0 bridgehead atoms. The molecule has 1 N–H and O–H groups in total. The minimum absolute atomic E-state index is 0.0341. The van der Waals surface area contributed by atoms with Gasteiger partial charge in [-0.3, -0.25) is 9.59 Å². The summed E-state index contributed by atoms with van der Waals surface area (Å²) in [4.78, 5) is 30.8. The number of benzene rings is 1. The van der Waals surface area contributed by atoms with Crippen LogP contribution in [0, 0.1) is 0 Å². The Bertz CT molecular complexity index is 896. The molecule has 0 aliphatic carbocycles. The fourth-order valence-electron chi connectivity index (χ4n) is 3.33. The molecule has 1 aromatic rings. The van der Waals surface area contributed by atoms with Crippen LogP contribution in [-0.4, -0.2) is 67.5 Å². The molecule has 28 heavy (non-hydrogen) atoms. The Kier molecular flexibility index (Phi) is 5.99. The third-order valence-electron chi connectivity index (χ3n) is 4.71. The van der Waals surface area contributed by atoms with Gasteiger partial charge in [-0.15, -0.1) is 0 Å². The van der Waals surface area contributed by atoms with Crippen molar-refractivity contribution in [2.24, 2.45) is 4.99 Å². The minimum Gasteiger partial charge on any atom is -0.481 e. The molecule has 10 heteroatoms. The van der Waals surface area contributed by atoms with Gasteiger partial charge in [-0.05, 0) is 30.7 Å². The summed E-state index contributed by atoms with van der Waals surface area (Å²) in [7, 11) is 0.747. The van der Waals surface area contributed by atoms with Crippen LogP contribution in [0.15, 0.2) is 29.3 Å². The number of carboxylic acids is 1. The zero-order valence-corrected chi connectivity index (χ0v) is 17.4. The third-order valence-corrected chi connectivity index (χ3v) is 7.92. The van der Waals surface area contributed by atoms with Gasteiger partial charge in [-0.1, -0.05) is 11.8 Å². The number of rotatable bonds is 6. The van der Waals surface area contributed by atoms with Crippen LogP contribution in [0.1, 0.15) is 19.3 Å². The van der Waals surface area contributed by atoms with E-state index in [0.717, 1.165) is 11.4 Å². The first-order chi connectivity index (χ1) is 13.2. The average molecular weight is 426 g/mol. The maximum Gasteiger partial charge on any atom is 0.303 e. The topological polar surface area (TPSA) is 107 Å². The van der Waals surface area contributed by atoms with Crippen molar-refractivity contribution in [1.29, 1.82) is 0 Å². The zero-order valence-electron chi connectivity index (χ0n) is 15.7. The minimum atomic E-state index is -3.12. The van der Waals surface area contributed by atoms with Gasteiger partial charge >= 0.3 is 5.97 Å². The van der Waals surface area contributed by atoms with Gasteiger partial charge in [0.2, 0.25) is 5.91 Å². The summed E-state index contributed by atoms with van der Waals surface area (Å²) in [6.07, 6.45) is 0.203. The molecule has 2 heterocycles. The molecule has 0 spiro atoms. The second-order valence-electron chi connectivity index (χ2n) is 7.12. The van der Waals surface area contributed by atoms with Gasteiger partial charge in [-0.2, -0.15) is 4.99 Å². The lowest BCUT2D eigenvalue weighted by Gasteiger charge is -2.25. The van der Waals surface area contributed by atoms with E-state index < -0.39 is 15.8 Å². The first kappa shape index (κ1) is 20.7. The van der Waals surface area contributed by atoms with Crippen LogP contribution in [0.3, 0.4) is 0 Å². The third kappa shape index (κ3) is 4.67. The molecular weight excluding hydrogens is 402 g/mol. The summed E-state index contributed by atoms with van der Waals surface area (Å²) >= 11 is 1.31. The quantitative estimate of drug-likeness (QED) is 0.732. The number of aliphatic carboxylic acids is 1. The number of nitrogens with zero attached hydrogens (tertiary/aromatic N) is 3. The summed E-state index contributed by atoms with van der Waals surface area (Å²) in [6.45, 7) is 0. The van der Waals surface area contributed by atoms with E-state index in [0.29, 0.717) is 5.17 Å². The van der Waals surface area contributed by atoms with Crippen molar-refractivity contribution in [2.45, 2.75) is 30.6 Å². The lowest BCUT2D eigenvalue weighted by atomic mass is 10.2. The van der Waals surface area contributed by atoms with Crippen LogP contribution >= 0.6 is 11.8 Å². The van der Waals surface area contributed by atoms with E-state index in [-0.39, 0.29) is 48.0 Å². The fourth-order valence-corrected chi connectivity index (χ4v) is 7.26. The van der Waals surface area contributed by atoms with Gasteiger partial charge in [-0.25, -0.2) is 8.42 Å². The van der Waals surface area contributed by atoms with Gasteiger partial charge < -0.3 is 14.9 Å². The number of thioether (sulfide) groups is 1. The molecule has 0 aromatic heterocycles. The largest absolute Gasteiger partial charge is 0.481 e. The highest BCUT2D eigenvalue weighted by Gasteiger charge is 2.49. The molecule has 1 amide bonds. The number of anilines is 2. The Morgan fingerprint density at radius 2 is 1.89 bits per heavy atom. The number of fused-ring (bicyclic) bond motifs is 1. The average Bonchev–Trinajstić information content (AvgIpc) is 3.05. The lowest BCUT2D eigenvalue weighted by molar-refractivity contribution is -0.137. The number of carbonyl (C=O) groups is 2. The number of carbonyl (C=O) groups excluding carboxylic acids is 1. The van der Waals surface area contributed by atoms with E-state index in [1.54, 1.807) is 0 Å². The molecule has 2 fully saturated rings. The Labute approximate surface area is 168 Å². The van der Waals surface area contributed by atoms with E-state index in [2.05, 4.69) is 4.99 Å². The standard InChI is InChI=1S/C18H23N3O5S2/c1-20(2)12-6-8-13(9-7-12)21-14-10-28(25,26)11-15(14)27-18(21)19-16(22)4-3-5-17(23)24/h6-9,14-15H,3-5,10-11H2,1-2H3,(H,23,24)/t14-,15+/m0/s1. The first-order valence-corrected chi connectivity index (χ1v) is 11.6. The van der Waals surface area contributed by atoms with Crippen molar-refractivity contribution < 1.29 is 23.1 Å². The predicted molar refractivity (Wildman–Crippen MR) is 111 cm³/mol. The van der Waals surface area contributed by atoms with Crippen molar-refractivity contribution in [3.63, 3.8) is 0 Å². The number of hydrogen-bond acceptors (Lipinski definition) is 6. The molecule has 2 saturated heterocycles. The molecule has 0 radical (unpaired) electrons. The number of aliphatic imine (C=N–C) groups is 1. The summed E-state index contributed by atoms with van der Waals surface area (Å²) in [5.41, 5.74) is 1.80. The summed E-state index contributed by atoms with van der Waals surface area (Å²) in [5.74, 6) is -1.23. The maximum atomic E-state index is 12.2. The lowest BCUT2D eigenvalue weighted by Crippen LogP contribution is -2.37. The number of hydrogen-bond donors (Lipinski definition) is 1. The molecule has 0 unspecified atom stereocenters. The van der Waals surface area contributed by atoms with Crippen molar-refractivity contribution >= 4 is 50.0 Å². The van der Waals surface area contributed by atoms with Crippen molar-refractivity contribution in [2.75, 3.05) is 35.4 Å². The molecule has 3 rings (SSSR count). The van der Waals surface area contributed by atoms with E-state index in [1.807, 2.05) is 48.2 Å². The number of carboxylic acid groups (broad SMARTS) is 1. The van der Waals surface area contributed by atoms with E-state index >= 15 is 0 Å². The van der Waals surface area contributed by atoms with Crippen LogP contribution in [0.4, 0.5) is 11.4 Å². The highest BCUT2D eigenvalue weighted by atomic mass is 32.2. The molecule has 8 nitrogen and oxygen atoms in total. The monoisotopic (exact) mass is 425 g/mol. The van der Waals surface area contributed by atoms with E-state index in [9.17, 15) is 18.0 Å². The molecular formula is C18H23N3O5S2. The van der Waals surface area contributed by atoms with Gasteiger partial charge in [0, 0.05) is 43.6 Å². The zero-order chi connectivity index (χ0) is 20.5. The summed E-state index contributed by atoms with van der Waals surface area (Å²) in [6, 6.07) is 7.40. The maximum absolute atomic E-state index is 12.2. The second-order valence-corrected chi connectivity index (χ2v) is 10.5. The highest BCUT2D eigenvalue weighted by Crippen LogP contribution is 2.41. The second kappa shape index (κ2) is 8.12. The molecule has 2 aliphatic heterocycles. The van der Waals surface area contributed by atoms with Crippen molar-refractivity contribution in [3.05, 3.63) is 24.3 Å². The Hall–Kier alpha value is -2.07. The van der Waals surface area contributed by atoms with Crippen LogP contribution in [-0.2, 0) is 19.4 Å². The van der Waals surface area contributed by atoms with E-state index in [1.165, 1.54) is 11.8 Å². The van der Waals surface area contributed by atoms with Crippen molar-refractivity contribution in [1.82, 2.24) is 0 Å². The first-order valence-electron chi connectivity index (χ1n) is 8.93. The van der Waals surface area contributed by atoms with Crippen LogP contribution in [0.5, 0.6) is 0 Å². The van der Waals surface area contributed by atoms with Gasteiger partial charge in [0.1, 0.15) is 0 Å². The Balaban J connectivity index is 1.85. The molecule has 2 atom stereocenters. The Morgan fingerprint density at radius 3 is 2.50 bits per heavy atom. The van der Waals surface area contributed by atoms with E-state index in [4.69, 9.17) is 5.11 Å². The summed E-state index contributed by atoms with van der Waals surface area (Å²) in [5, 5.41) is 9.03. The fraction of sp³-hybridized carbons (Fsp3) is 0.500. The molecule has 2 aliphatic rings. The smallest absolute Gasteiger partial charge is 0.303 e. The Morgan fingerprint density at radius 1 is 1.21 bits per heavy atom. The van der Waals surface area contributed by atoms with Gasteiger partial charge in [0.15, 0.2) is 15.0 Å². The van der Waals surface area contributed by atoms with Crippen LogP contribution < -0.4 is 9.80 Å². The molecule has 152 valence electrons. The summed E-state index contributed by atoms with van der Waals surface area (Å²) < 4.78 is 24.2. The predicted octanol–water partition coefficient (Wildman–Crippen LogP) is 1.61. The van der Waals surface area contributed by atoms with Crippen LogP contribution in [0.2, 0.25) is 0 Å². The number of amides is 1. The molecule has 0 saturated carbocycles. The number of sulfone groups is 1. The van der Waals surface area contributed by atoms with Gasteiger partial charge in [0.25, 0.3) is 0 Å².